The second-order valence-electron chi connectivity index (χ2n) is 5.25. The first-order valence-electron chi connectivity index (χ1n) is 6.59. The number of nitrogens with zero attached hydrogens (tertiary/aromatic N) is 3. The van der Waals surface area contributed by atoms with Crippen molar-refractivity contribution in [1.29, 1.82) is 0 Å². The van der Waals surface area contributed by atoms with E-state index in [4.69, 9.17) is 0 Å². The van der Waals surface area contributed by atoms with Gasteiger partial charge < -0.3 is 10.2 Å². The zero-order valence-electron chi connectivity index (χ0n) is 10.4. The van der Waals surface area contributed by atoms with E-state index >= 15 is 0 Å². The third-order valence-corrected chi connectivity index (χ3v) is 3.73. The Bertz CT molecular complexity index is 389. The summed E-state index contributed by atoms with van der Waals surface area (Å²) >= 11 is 0. The van der Waals surface area contributed by atoms with Gasteiger partial charge in [-0.15, -0.1) is 0 Å². The molecule has 92 valence electrons. The van der Waals surface area contributed by atoms with Gasteiger partial charge in [0.05, 0.1) is 0 Å². The van der Waals surface area contributed by atoms with Crippen molar-refractivity contribution >= 4 is 5.82 Å². The molecule has 2 fully saturated rings. The highest BCUT2D eigenvalue weighted by Crippen LogP contribution is 2.31. The quantitative estimate of drug-likeness (QED) is 0.857. The summed E-state index contributed by atoms with van der Waals surface area (Å²) in [6.07, 6.45) is 5.99. The highest BCUT2D eigenvalue weighted by Gasteiger charge is 2.34. The van der Waals surface area contributed by atoms with Gasteiger partial charge in [-0.1, -0.05) is 0 Å². The first-order valence-corrected chi connectivity index (χ1v) is 6.59. The maximum Gasteiger partial charge on any atom is 0.129 e. The lowest BCUT2D eigenvalue weighted by molar-refractivity contribution is 0.316. The SMILES string of the molecule is Cc1nccc(NCC2CCN(C3CC3)C2)n1. The predicted octanol–water partition coefficient (Wildman–Crippen LogP) is 1.68. The van der Waals surface area contributed by atoms with Crippen LogP contribution in [0.25, 0.3) is 0 Å². The van der Waals surface area contributed by atoms with Crippen LogP contribution in [-0.4, -0.2) is 40.5 Å². The number of aryl methyl sites for hydroxylation is 1. The van der Waals surface area contributed by atoms with Crippen LogP contribution in [0.3, 0.4) is 0 Å². The minimum atomic E-state index is 0.783. The van der Waals surface area contributed by atoms with E-state index in [0.717, 1.165) is 30.1 Å². The molecule has 0 radical (unpaired) electrons. The van der Waals surface area contributed by atoms with Gasteiger partial charge in [0.25, 0.3) is 0 Å². The van der Waals surface area contributed by atoms with Gasteiger partial charge in [0, 0.05) is 25.3 Å². The fraction of sp³-hybridized carbons (Fsp3) is 0.692. The van der Waals surface area contributed by atoms with Crippen molar-refractivity contribution in [2.45, 2.75) is 32.2 Å². The molecule has 1 aromatic heterocycles. The lowest BCUT2D eigenvalue weighted by atomic mass is 10.1. The van der Waals surface area contributed by atoms with Crippen molar-refractivity contribution in [3.8, 4) is 0 Å². The molecule has 1 aliphatic heterocycles. The summed E-state index contributed by atoms with van der Waals surface area (Å²) in [7, 11) is 0. The molecule has 0 aromatic carbocycles. The van der Waals surface area contributed by atoms with E-state index in [2.05, 4.69) is 20.2 Å². The molecule has 4 heteroatoms. The van der Waals surface area contributed by atoms with E-state index in [-0.39, 0.29) is 0 Å². The predicted molar refractivity (Wildman–Crippen MR) is 68.0 cm³/mol. The van der Waals surface area contributed by atoms with Crippen molar-refractivity contribution in [2.75, 3.05) is 25.0 Å². The number of hydrogen-bond acceptors (Lipinski definition) is 4. The van der Waals surface area contributed by atoms with E-state index in [0.29, 0.717) is 0 Å². The van der Waals surface area contributed by atoms with Crippen LogP contribution in [0.1, 0.15) is 25.1 Å². The Kier molecular flexibility index (Phi) is 2.97. The van der Waals surface area contributed by atoms with Crippen LogP contribution < -0.4 is 5.32 Å². The second kappa shape index (κ2) is 4.61. The summed E-state index contributed by atoms with van der Waals surface area (Å²) in [5, 5.41) is 3.43. The molecule has 2 aliphatic rings. The number of aromatic nitrogens is 2. The Morgan fingerprint density at radius 1 is 1.41 bits per heavy atom. The molecule has 4 nitrogen and oxygen atoms in total. The Morgan fingerprint density at radius 2 is 2.29 bits per heavy atom. The van der Waals surface area contributed by atoms with Crippen molar-refractivity contribution in [3.05, 3.63) is 18.1 Å². The van der Waals surface area contributed by atoms with Gasteiger partial charge in [0.1, 0.15) is 11.6 Å². The topological polar surface area (TPSA) is 41.1 Å². The van der Waals surface area contributed by atoms with E-state index in [1.807, 2.05) is 19.2 Å². The zero-order chi connectivity index (χ0) is 11.7. The van der Waals surface area contributed by atoms with Crippen LogP contribution in [0.15, 0.2) is 12.3 Å². The number of hydrogen-bond donors (Lipinski definition) is 1. The maximum atomic E-state index is 4.36. The average molecular weight is 232 g/mol. The van der Waals surface area contributed by atoms with Crippen LogP contribution in [0.4, 0.5) is 5.82 Å². The first kappa shape index (κ1) is 11.0. The Hall–Kier alpha value is -1.16. The molecule has 1 saturated carbocycles. The molecular weight excluding hydrogens is 212 g/mol. The first-order chi connectivity index (χ1) is 8.31. The summed E-state index contributed by atoms with van der Waals surface area (Å²) in [6.45, 7) is 5.52. The van der Waals surface area contributed by atoms with Crippen molar-refractivity contribution in [1.82, 2.24) is 14.9 Å². The number of anilines is 1. The van der Waals surface area contributed by atoms with Crippen molar-refractivity contribution in [2.24, 2.45) is 5.92 Å². The minimum absolute atomic E-state index is 0.783. The monoisotopic (exact) mass is 232 g/mol. The molecule has 0 amide bonds. The standard InChI is InChI=1S/C13H20N4/c1-10-14-6-4-13(16-10)15-8-11-5-7-17(9-11)12-2-3-12/h4,6,11-12H,2-3,5,7-9H2,1H3,(H,14,15,16). The maximum absolute atomic E-state index is 4.36. The molecule has 0 spiro atoms. The normalized spacial score (nSPS) is 25.1. The fourth-order valence-corrected chi connectivity index (χ4v) is 2.60. The van der Waals surface area contributed by atoms with Crippen LogP contribution in [0.5, 0.6) is 0 Å². The summed E-state index contributed by atoms with van der Waals surface area (Å²) in [5.41, 5.74) is 0. The van der Waals surface area contributed by atoms with Gasteiger partial charge in [-0.2, -0.15) is 0 Å². The molecule has 0 bridgehead atoms. The van der Waals surface area contributed by atoms with E-state index in [1.54, 1.807) is 0 Å². The van der Waals surface area contributed by atoms with Crippen molar-refractivity contribution in [3.63, 3.8) is 0 Å². The fourth-order valence-electron chi connectivity index (χ4n) is 2.60. The molecule has 1 aromatic rings. The Labute approximate surface area is 102 Å². The van der Waals surface area contributed by atoms with E-state index < -0.39 is 0 Å². The highest BCUT2D eigenvalue weighted by atomic mass is 15.2. The third kappa shape index (κ3) is 2.75. The number of nitrogens with one attached hydrogen (secondary N) is 1. The van der Waals surface area contributed by atoms with Gasteiger partial charge in [-0.05, 0) is 44.7 Å². The van der Waals surface area contributed by atoms with Gasteiger partial charge in [0.2, 0.25) is 0 Å². The zero-order valence-corrected chi connectivity index (χ0v) is 10.4. The molecule has 3 rings (SSSR count). The average Bonchev–Trinajstić information content (AvgIpc) is 3.07. The molecule has 1 saturated heterocycles. The van der Waals surface area contributed by atoms with Crippen LogP contribution in [0.2, 0.25) is 0 Å². The molecular formula is C13H20N4. The van der Waals surface area contributed by atoms with Gasteiger partial charge in [-0.3, -0.25) is 0 Å². The molecule has 1 atom stereocenters. The second-order valence-corrected chi connectivity index (χ2v) is 5.25. The van der Waals surface area contributed by atoms with Gasteiger partial charge in [-0.25, -0.2) is 9.97 Å². The smallest absolute Gasteiger partial charge is 0.129 e. The van der Waals surface area contributed by atoms with Gasteiger partial charge >= 0.3 is 0 Å². The number of rotatable bonds is 4. The molecule has 1 N–H and O–H groups in total. The minimum Gasteiger partial charge on any atom is -0.370 e. The summed E-state index contributed by atoms with van der Waals surface area (Å²) in [4.78, 5) is 11.1. The number of likely N-dealkylation sites (tertiary alicyclic amines) is 1. The van der Waals surface area contributed by atoms with Crippen LogP contribution >= 0.6 is 0 Å². The Morgan fingerprint density at radius 3 is 3.06 bits per heavy atom. The Balaban J connectivity index is 1.48. The lowest BCUT2D eigenvalue weighted by Crippen LogP contribution is -2.25. The van der Waals surface area contributed by atoms with E-state index in [1.165, 1.54) is 32.4 Å². The third-order valence-electron chi connectivity index (χ3n) is 3.73. The molecule has 2 heterocycles. The van der Waals surface area contributed by atoms with Crippen molar-refractivity contribution < 1.29 is 0 Å². The highest BCUT2D eigenvalue weighted by molar-refractivity contribution is 5.32. The molecule has 17 heavy (non-hydrogen) atoms. The van der Waals surface area contributed by atoms with E-state index in [9.17, 15) is 0 Å². The van der Waals surface area contributed by atoms with Gasteiger partial charge in [0.15, 0.2) is 0 Å². The largest absolute Gasteiger partial charge is 0.370 e. The van der Waals surface area contributed by atoms with Crippen LogP contribution in [0, 0.1) is 12.8 Å². The molecule has 1 aliphatic carbocycles. The molecule has 1 unspecified atom stereocenters. The van der Waals surface area contributed by atoms with Crippen LogP contribution in [-0.2, 0) is 0 Å². The summed E-state index contributed by atoms with van der Waals surface area (Å²) < 4.78 is 0. The lowest BCUT2D eigenvalue weighted by Gasteiger charge is -2.15. The summed E-state index contributed by atoms with van der Waals surface area (Å²) in [6, 6.07) is 2.86. The summed E-state index contributed by atoms with van der Waals surface area (Å²) in [5.74, 6) is 2.58.